The van der Waals surface area contributed by atoms with E-state index < -0.39 is 22.3 Å². The summed E-state index contributed by atoms with van der Waals surface area (Å²) in [6.07, 6.45) is 2.43. The predicted octanol–water partition coefficient (Wildman–Crippen LogP) is 3.68. The van der Waals surface area contributed by atoms with Crippen LogP contribution in [0.2, 0.25) is 0 Å². The first-order valence-corrected chi connectivity index (χ1v) is 14.2. The fourth-order valence-electron chi connectivity index (χ4n) is 5.00. The Labute approximate surface area is 230 Å². The Morgan fingerprint density at radius 3 is 2.35 bits per heavy atom. The van der Waals surface area contributed by atoms with E-state index in [1.165, 1.54) is 5.39 Å². The summed E-state index contributed by atoms with van der Waals surface area (Å²) in [6, 6.07) is 21.7. The van der Waals surface area contributed by atoms with E-state index in [-0.39, 0.29) is 0 Å². The Morgan fingerprint density at radius 2 is 1.60 bits per heavy atom. The van der Waals surface area contributed by atoms with Crippen LogP contribution in [0.25, 0.3) is 32.8 Å². The normalized spacial score (nSPS) is 16.5. The third kappa shape index (κ3) is 6.73. The Balaban J connectivity index is 0.000000595. The number of rotatable bonds is 6. The molecule has 1 aliphatic heterocycles. The summed E-state index contributed by atoms with van der Waals surface area (Å²) in [5, 5.41) is 24.0. The van der Waals surface area contributed by atoms with E-state index >= 15 is 0 Å². The zero-order chi connectivity index (χ0) is 28.3. The van der Waals surface area contributed by atoms with Gasteiger partial charge in [-0.3, -0.25) is 14.1 Å². The zero-order valence-corrected chi connectivity index (χ0v) is 22.3. The third-order valence-electron chi connectivity index (χ3n) is 7.05. The van der Waals surface area contributed by atoms with Crippen LogP contribution in [0.1, 0.15) is 25.0 Å². The van der Waals surface area contributed by atoms with Gasteiger partial charge in [0.2, 0.25) is 0 Å². The van der Waals surface area contributed by atoms with Crippen molar-refractivity contribution in [2.45, 2.75) is 31.2 Å². The van der Waals surface area contributed by atoms with Crippen LogP contribution in [-0.4, -0.2) is 73.5 Å². The van der Waals surface area contributed by atoms with E-state index in [1.807, 2.05) is 54.6 Å². The van der Waals surface area contributed by atoms with Crippen molar-refractivity contribution in [1.29, 1.82) is 0 Å². The number of benzene rings is 3. The van der Waals surface area contributed by atoms with E-state index in [0.717, 1.165) is 40.5 Å². The molecule has 210 valence electrons. The van der Waals surface area contributed by atoms with Crippen LogP contribution in [0.4, 0.5) is 0 Å². The maximum atomic E-state index is 11.2. The molecule has 1 fully saturated rings. The number of aliphatic hydroxyl groups is 2. The number of nitrogens with zero attached hydrogens (tertiary/aromatic N) is 3. The molecule has 0 radical (unpaired) electrons. The number of hydrogen-bond acceptors (Lipinski definition) is 8. The number of piperidine rings is 1. The van der Waals surface area contributed by atoms with E-state index in [1.54, 1.807) is 6.20 Å². The number of H-pyrrole nitrogens is 1. The van der Waals surface area contributed by atoms with E-state index in [0.29, 0.717) is 37.3 Å². The molecule has 5 aromatic rings. The molecule has 5 N–H and O–H groups in total. The maximum Gasteiger partial charge on any atom is 0.394 e. The fraction of sp³-hybridized carbons (Fsp3) is 0.286. The summed E-state index contributed by atoms with van der Waals surface area (Å²) in [4.78, 5) is 14.8. The van der Waals surface area contributed by atoms with Crippen LogP contribution in [0.15, 0.2) is 72.9 Å². The van der Waals surface area contributed by atoms with Crippen LogP contribution in [0.3, 0.4) is 0 Å². The first-order valence-electron chi connectivity index (χ1n) is 12.8. The fourth-order valence-corrected chi connectivity index (χ4v) is 5.00. The predicted molar refractivity (Wildman–Crippen MR) is 150 cm³/mol. The van der Waals surface area contributed by atoms with Crippen LogP contribution in [-0.2, 0) is 16.0 Å². The number of aromatic nitrogens is 3. The van der Waals surface area contributed by atoms with Gasteiger partial charge in [-0.2, -0.15) is 8.42 Å². The molecule has 0 amide bonds. The Hall–Kier alpha value is -3.65. The summed E-state index contributed by atoms with van der Waals surface area (Å²) in [5.74, 6) is 0.638. The molecule has 6 rings (SSSR count). The topological polar surface area (TPSA) is 169 Å². The van der Waals surface area contributed by atoms with Gasteiger partial charge >= 0.3 is 10.4 Å². The molecular weight excluding hydrogens is 536 g/mol. The average molecular weight is 567 g/mol. The number of aliphatic hydroxyl groups excluding tert-OH is 1. The number of fused-ring (bicyclic) bond motifs is 4. The average Bonchev–Trinajstić information content (AvgIpc) is 3.29. The van der Waals surface area contributed by atoms with Gasteiger partial charge in [-0.25, -0.2) is 4.98 Å². The van der Waals surface area contributed by atoms with E-state index in [2.05, 4.69) is 32.0 Å². The third-order valence-corrected chi connectivity index (χ3v) is 7.05. The monoisotopic (exact) mass is 566 g/mol. The largest absolute Gasteiger partial charge is 0.465 e. The summed E-state index contributed by atoms with van der Waals surface area (Å²) in [7, 11) is -4.67. The van der Waals surface area contributed by atoms with Crippen molar-refractivity contribution < 1.29 is 32.5 Å². The number of hydrogen-bond donors (Lipinski definition) is 5. The molecule has 1 atom stereocenters. The van der Waals surface area contributed by atoms with Gasteiger partial charge in [0.1, 0.15) is 11.4 Å². The van der Waals surface area contributed by atoms with Gasteiger partial charge in [-0.05, 0) is 43.2 Å². The van der Waals surface area contributed by atoms with Crippen LogP contribution >= 0.6 is 0 Å². The van der Waals surface area contributed by atoms with E-state index in [9.17, 15) is 10.2 Å². The van der Waals surface area contributed by atoms with Gasteiger partial charge in [-0.15, -0.1) is 0 Å². The molecule has 0 bridgehead atoms. The molecule has 0 saturated carbocycles. The van der Waals surface area contributed by atoms with Crippen molar-refractivity contribution in [2.24, 2.45) is 0 Å². The lowest BCUT2D eigenvalue weighted by molar-refractivity contribution is -0.0491. The number of likely N-dealkylation sites (tertiary alicyclic amines) is 1. The minimum Gasteiger partial charge on any atom is -0.465 e. The molecule has 2 aromatic heterocycles. The molecule has 3 aromatic carbocycles. The highest BCUT2D eigenvalue weighted by Crippen LogP contribution is 2.32. The molecule has 1 unspecified atom stereocenters. The van der Waals surface area contributed by atoms with Crippen molar-refractivity contribution in [3.05, 3.63) is 78.6 Å². The van der Waals surface area contributed by atoms with Crippen molar-refractivity contribution >= 4 is 43.2 Å². The lowest BCUT2D eigenvalue weighted by atomic mass is 9.88. The van der Waals surface area contributed by atoms with Crippen LogP contribution in [0, 0.1) is 0 Å². The second-order valence-electron chi connectivity index (χ2n) is 9.80. The van der Waals surface area contributed by atoms with Crippen molar-refractivity contribution in [2.75, 3.05) is 19.6 Å². The van der Waals surface area contributed by atoms with E-state index in [4.69, 9.17) is 22.3 Å². The van der Waals surface area contributed by atoms with Crippen LogP contribution in [0.5, 0.6) is 5.75 Å². The van der Waals surface area contributed by atoms with Crippen LogP contribution < -0.4 is 4.74 Å². The highest BCUT2D eigenvalue weighted by Gasteiger charge is 2.35. The number of nitrogens with one attached hydrogen (secondary N) is 1. The summed E-state index contributed by atoms with van der Waals surface area (Å²) in [6.45, 7) is 2.13. The Kier molecular flexibility index (Phi) is 7.99. The number of para-hydroxylation sites is 3. The van der Waals surface area contributed by atoms with Crippen molar-refractivity contribution in [1.82, 2.24) is 19.9 Å². The summed E-state index contributed by atoms with van der Waals surface area (Å²) < 4.78 is 37.4. The number of ether oxygens (including phenoxy) is 1. The molecule has 40 heavy (non-hydrogen) atoms. The lowest BCUT2D eigenvalue weighted by Gasteiger charge is -2.37. The van der Waals surface area contributed by atoms with Gasteiger partial charge in [0.25, 0.3) is 0 Å². The SMILES string of the molecule is O=S(=O)(O)O.OC(CCN1CCC(O)(c2cnc3ccccc3n2)CC1)Oc1ccc2c(c1)[nH]c1ccccc12. The Morgan fingerprint density at radius 1 is 0.950 bits per heavy atom. The van der Waals surface area contributed by atoms with Gasteiger partial charge < -0.3 is 24.8 Å². The molecule has 11 nitrogen and oxygen atoms in total. The lowest BCUT2D eigenvalue weighted by Crippen LogP contribution is -2.44. The second-order valence-corrected chi connectivity index (χ2v) is 10.7. The van der Waals surface area contributed by atoms with Crippen molar-refractivity contribution in [3.63, 3.8) is 0 Å². The Bertz CT molecular complexity index is 1730. The molecule has 0 spiro atoms. The highest BCUT2D eigenvalue weighted by atomic mass is 32.3. The molecule has 0 aliphatic carbocycles. The second kappa shape index (κ2) is 11.5. The first kappa shape index (κ1) is 27.9. The first-order chi connectivity index (χ1) is 19.1. The molecule has 3 heterocycles. The smallest absolute Gasteiger partial charge is 0.394 e. The van der Waals surface area contributed by atoms with Crippen molar-refractivity contribution in [3.8, 4) is 5.75 Å². The molecular formula is C28H30N4O7S. The molecule has 12 heteroatoms. The van der Waals surface area contributed by atoms with Gasteiger partial charge in [-0.1, -0.05) is 30.3 Å². The van der Waals surface area contributed by atoms with Gasteiger partial charge in [0, 0.05) is 48.4 Å². The maximum absolute atomic E-state index is 11.2. The summed E-state index contributed by atoms with van der Waals surface area (Å²) in [5.41, 5.74) is 3.36. The van der Waals surface area contributed by atoms with Gasteiger partial charge in [0.05, 0.1) is 28.4 Å². The molecule has 1 aliphatic rings. The zero-order valence-electron chi connectivity index (χ0n) is 21.5. The standard InChI is InChI=1S/C28H28N4O3.H2O4S/c33-27(35-19-9-10-21-20-5-1-2-6-22(20)30-25(21)17-19)11-14-32-15-12-28(34,13-16-32)26-18-29-23-7-3-4-8-24(23)31-26;1-5(2,3)4/h1-10,17-18,27,30,33-34H,11-16H2;(H2,1,2,3,4). The van der Waals surface area contributed by atoms with Gasteiger partial charge in [0.15, 0.2) is 6.29 Å². The summed E-state index contributed by atoms with van der Waals surface area (Å²) >= 11 is 0. The molecule has 1 saturated heterocycles. The minimum atomic E-state index is -4.67. The highest BCUT2D eigenvalue weighted by molar-refractivity contribution is 7.79. The quantitative estimate of drug-likeness (QED) is 0.151. The minimum absolute atomic E-state index is 0.485. The number of aromatic amines is 1.